The van der Waals surface area contributed by atoms with Gasteiger partial charge in [0.1, 0.15) is 0 Å². The Hall–Kier alpha value is -1.39. The Morgan fingerprint density at radius 2 is 1.25 bits per heavy atom. The second kappa shape index (κ2) is 6.16. The number of halogens is 6. The zero-order valence-electron chi connectivity index (χ0n) is 10.9. The molecule has 0 radical (unpaired) electrons. The molecule has 7 nitrogen and oxygen atoms in total. The van der Waals surface area contributed by atoms with Gasteiger partial charge in [0.25, 0.3) is 0 Å². The smallest absolute Gasteiger partial charge is 0.227 e. The molecular weight excluding hydrogens is 414 g/mol. The number of nitrogens with one attached hydrogen (secondary N) is 1. The summed E-state index contributed by atoms with van der Waals surface area (Å²) in [7, 11) is -18.4. The van der Waals surface area contributed by atoms with E-state index in [9.17, 15) is 47.4 Å². The summed E-state index contributed by atoms with van der Waals surface area (Å²) in [6, 6.07) is 4.40. The van der Waals surface area contributed by atoms with Gasteiger partial charge in [0.15, 0.2) is 9.92 Å². The number of nitrogens with zero attached hydrogens (tertiary/aromatic N) is 1. The molecule has 1 rings (SSSR count). The van der Waals surface area contributed by atoms with Crippen molar-refractivity contribution in [3.8, 4) is 0 Å². The third kappa shape index (κ3) is 4.37. The van der Waals surface area contributed by atoms with Gasteiger partial charge in [-0.25, -0.2) is 12.6 Å². The van der Waals surface area contributed by atoms with Gasteiger partial charge < -0.3 is 0 Å². The minimum Gasteiger partial charge on any atom is -0.227 e. The maximum atomic E-state index is 12.4. The van der Waals surface area contributed by atoms with Crippen LogP contribution in [0.5, 0.6) is 0 Å². The molecule has 0 aromatic heterocycles. The third-order valence-electron chi connectivity index (χ3n) is 2.09. The maximum absolute atomic E-state index is 12.4. The molecule has 0 fully saturated rings. The Labute approximate surface area is 132 Å². The van der Waals surface area contributed by atoms with E-state index < -0.39 is 45.9 Å². The molecule has 1 aromatic carbocycles. The van der Waals surface area contributed by atoms with Gasteiger partial charge in [-0.05, 0) is 12.1 Å². The number of benzene rings is 1. The molecule has 1 aromatic rings. The van der Waals surface area contributed by atoms with Crippen LogP contribution < -0.4 is 4.13 Å². The van der Waals surface area contributed by atoms with Crippen LogP contribution in [0.4, 0.5) is 26.3 Å². The zero-order valence-corrected chi connectivity index (χ0v) is 13.3. The van der Waals surface area contributed by atoms with E-state index in [4.69, 9.17) is 0 Å². The number of hydrogen-bond donors (Lipinski definition) is 1. The molecule has 1 N–H and O–H groups in total. The van der Waals surface area contributed by atoms with E-state index in [2.05, 4.69) is 0 Å². The molecule has 0 heterocycles. The Morgan fingerprint density at radius 3 is 1.62 bits per heavy atom. The van der Waals surface area contributed by atoms with Gasteiger partial charge in [-0.1, -0.05) is 22.0 Å². The Kier molecular flexibility index (Phi) is 5.30. The Balaban J connectivity index is 3.74. The first-order valence-corrected chi connectivity index (χ1v) is 9.70. The fourth-order valence-electron chi connectivity index (χ4n) is 1.09. The van der Waals surface area contributed by atoms with Crippen LogP contribution in [0.1, 0.15) is 0 Å². The molecule has 1 atom stereocenters. The standard InChI is InChI=1S/C8H6F6N2O5S3/c9-7(10,11)23(18,19)15-22(17,6-4-2-1-3-5-6)16-24(20,21)8(12,13)14/h1-5H,(H,15,16,17). The average Bonchev–Trinajstić information content (AvgIpc) is 2.35. The molecular formula is C8H6F6N2O5S3. The highest BCUT2D eigenvalue weighted by molar-refractivity contribution is 8.10. The van der Waals surface area contributed by atoms with Crippen LogP contribution in [0.15, 0.2) is 39.0 Å². The minimum atomic E-state index is -6.57. The van der Waals surface area contributed by atoms with Crippen LogP contribution in [0.25, 0.3) is 0 Å². The van der Waals surface area contributed by atoms with Crippen molar-refractivity contribution in [1.29, 1.82) is 0 Å². The fraction of sp³-hybridized carbons (Fsp3) is 0.250. The minimum absolute atomic E-state index is 0.383. The van der Waals surface area contributed by atoms with Crippen molar-refractivity contribution in [2.45, 2.75) is 15.9 Å². The first-order chi connectivity index (χ1) is 10.5. The van der Waals surface area contributed by atoms with Gasteiger partial charge in [-0.15, -0.1) is 4.13 Å². The van der Waals surface area contributed by atoms with Gasteiger partial charge in [0.05, 0.1) is 4.90 Å². The van der Waals surface area contributed by atoms with Gasteiger partial charge in [0, 0.05) is 0 Å². The first-order valence-electron chi connectivity index (χ1n) is 5.26. The Bertz CT molecular complexity index is 927. The number of sulfonamides is 2. The Morgan fingerprint density at radius 1 is 0.792 bits per heavy atom. The molecule has 138 valence electrons. The summed E-state index contributed by atoms with van der Waals surface area (Å²) in [6.07, 6.45) is 0. The van der Waals surface area contributed by atoms with Gasteiger partial charge in [0.2, 0.25) is 0 Å². The number of rotatable bonds is 4. The summed E-state index contributed by atoms with van der Waals surface area (Å²) in [5.74, 6) is 0. The van der Waals surface area contributed by atoms with E-state index in [0.717, 1.165) is 12.1 Å². The maximum Gasteiger partial charge on any atom is 0.519 e. The molecule has 0 amide bonds. The highest BCUT2D eigenvalue weighted by Gasteiger charge is 2.51. The SMILES string of the molecule is O=S(=O)(N=S(=O)(NS(=O)(=O)C(F)(F)F)c1ccccc1)C(F)(F)F. The predicted octanol–water partition coefficient (Wildman–Crippen LogP) is 1.72. The van der Waals surface area contributed by atoms with E-state index in [1.54, 1.807) is 0 Å². The van der Waals surface area contributed by atoms with E-state index in [-0.39, 0.29) is 0 Å². The van der Waals surface area contributed by atoms with Gasteiger partial charge in [-0.2, -0.15) is 34.8 Å². The molecule has 0 saturated heterocycles. The van der Waals surface area contributed by atoms with E-state index in [1.165, 1.54) is 6.07 Å². The second-order valence-corrected chi connectivity index (χ2v) is 9.54. The fourth-order valence-corrected chi connectivity index (χ4v) is 5.75. The summed E-state index contributed by atoms with van der Waals surface area (Å²) in [4.78, 5) is -1.02. The third-order valence-corrected chi connectivity index (χ3v) is 7.60. The summed E-state index contributed by atoms with van der Waals surface area (Å²) >= 11 is 0. The van der Waals surface area contributed by atoms with Crippen LogP contribution in [0.2, 0.25) is 0 Å². The highest BCUT2D eigenvalue weighted by Crippen LogP contribution is 2.29. The van der Waals surface area contributed by atoms with Crippen molar-refractivity contribution in [2.24, 2.45) is 3.77 Å². The lowest BCUT2D eigenvalue weighted by atomic mass is 10.4. The summed E-state index contributed by atoms with van der Waals surface area (Å²) in [5.41, 5.74) is -12.2. The monoisotopic (exact) mass is 420 g/mol. The highest BCUT2D eigenvalue weighted by atomic mass is 32.3. The number of alkyl halides is 6. The molecule has 0 bridgehead atoms. The van der Waals surface area contributed by atoms with Gasteiger partial charge in [-0.3, -0.25) is 0 Å². The lowest BCUT2D eigenvalue weighted by Crippen LogP contribution is -2.40. The zero-order chi connectivity index (χ0) is 19.0. The van der Waals surface area contributed by atoms with Crippen molar-refractivity contribution in [2.75, 3.05) is 0 Å². The van der Waals surface area contributed by atoms with E-state index in [1.807, 2.05) is 3.77 Å². The molecule has 0 aliphatic rings. The van der Waals surface area contributed by atoms with E-state index >= 15 is 0 Å². The molecule has 0 aliphatic carbocycles. The molecule has 1 unspecified atom stereocenters. The number of hydrogen-bond acceptors (Lipinski definition) is 5. The second-order valence-electron chi connectivity index (χ2n) is 3.87. The van der Waals surface area contributed by atoms with Crippen molar-refractivity contribution >= 4 is 30.0 Å². The lowest BCUT2D eigenvalue weighted by Gasteiger charge is -2.14. The van der Waals surface area contributed by atoms with Crippen molar-refractivity contribution in [3.05, 3.63) is 30.3 Å². The van der Waals surface area contributed by atoms with Crippen molar-refractivity contribution in [1.82, 2.24) is 4.13 Å². The largest absolute Gasteiger partial charge is 0.519 e. The summed E-state index contributed by atoms with van der Waals surface area (Å²) < 4.78 is 133. The predicted molar refractivity (Wildman–Crippen MR) is 68.4 cm³/mol. The molecule has 24 heavy (non-hydrogen) atoms. The first kappa shape index (κ1) is 20.7. The van der Waals surface area contributed by atoms with Gasteiger partial charge >= 0.3 is 31.1 Å². The molecule has 0 spiro atoms. The van der Waals surface area contributed by atoms with Crippen LogP contribution >= 0.6 is 0 Å². The molecule has 16 heteroatoms. The normalized spacial score (nSPS) is 16.4. The van der Waals surface area contributed by atoms with Crippen molar-refractivity contribution < 1.29 is 47.4 Å². The molecule has 0 aliphatic heterocycles. The molecule has 0 saturated carbocycles. The van der Waals surface area contributed by atoms with Crippen LogP contribution in [0, 0.1) is 0 Å². The van der Waals surface area contributed by atoms with Crippen LogP contribution in [-0.4, -0.2) is 32.1 Å². The average molecular weight is 420 g/mol. The van der Waals surface area contributed by atoms with Crippen LogP contribution in [-0.2, 0) is 30.0 Å². The van der Waals surface area contributed by atoms with Crippen LogP contribution in [0.3, 0.4) is 0 Å². The topological polar surface area (TPSA) is 110 Å². The quantitative estimate of drug-likeness (QED) is 0.746. The van der Waals surface area contributed by atoms with E-state index in [0.29, 0.717) is 16.3 Å². The summed E-state index contributed by atoms with van der Waals surface area (Å²) in [6.45, 7) is 0. The summed E-state index contributed by atoms with van der Waals surface area (Å²) in [5, 5.41) is 0. The van der Waals surface area contributed by atoms with Crippen molar-refractivity contribution in [3.63, 3.8) is 0 Å². The lowest BCUT2D eigenvalue weighted by molar-refractivity contribution is -0.0442.